The molecule has 0 aliphatic carbocycles. The van der Waals surface area contributed by atoms with E-state index in [2.05, 4.69) is 20.3 Å². The number of alkyl halides is 3. The van der Waals surface area contributed by atoms with Crippen molar-refractivity contribution in [2.75, 3.05) is 13.1 Å². The highest BCUT2D eigenvalue weighted by Gasteiger charge is 2.34. The maximum absolute atomic E-state index is 12.8. The number of carbonyl (C=O) groups excluding carboxylic acids is 1. The van der Waals surface area contributed by atoms with E-state index in [1.165, 1.54) is 22.2 Å². The molecule has 3 aromatic rings. The first kappa shape index (κ1) is 21.5. The van der Waals surface area contributed by atoms with Gasteiger partial charge in [-0.05, 0) is 37.6 Å². The number of amides is 1. The highest BCUT2D eigenvalue weighted by Crippen LogP contribution is 2.29. The van der Waals surface area contributed by atoms with E-state index in [9.17, 15) is 18.0 Å². The minimum Gasteiger partial charge on any atom is -0.346 e. The lowest BCUT2D eigenvalue weighted by Gasteiger charge is -2.32. The molecule has 10 heteroatoms. The zero-order chi connectivity index (χ0) is 21.8. The zero-order valence-electron chi connectivity index (χ0n) is 16.7. The summed E-state index contributed by atoms with van der Waals surface area (Å²) in [5.74, 6) is -0.145. The lowest BCUT2D eigenvalue weighted by atomic mass is 10.1. The van der Waals surface area contributed by atoms with Crippen LogP contribution in [-0.4, -0.2) is 38.7 Å². The second-order valence-corrected chi connectivity index (χ2v) is 8.43. The van der Waals surface area contributed by atoms with Gasteiger partial charge in [-0.25, -0.2) is 4.98 Å². The van der Waals surface area contributed by atoms with Gasteiger partial charge in [-0.2, -0.15) is 18.3 Å². The van der Waals surface area contributed by atoms with Gasteiger partial charge in [-0.3, -0.25) is 14.4 Å². The summed E-state index contributed by atoms with van der Waals surface area (Å²) in [4.78, 5) is 18.9. The van der Waals surface area contributed by atoms with Crippen LogP contribution in [0, 0.1) is 0 Å². The van der Waals surface area contributed by atoms with Crippen LogP contribution in [0.15, 0.2) is 48.0 Å². The standard InChI is InChI=1S/C21H22F3N5OS/c22-21(23,24)18-8-10-29(27-18)17-7-4-9-28(13-17)12-16-14-31-19(26-16)11-25-20(30)15-5-2-1-3-6-15/h1-3,5-6,8,10,14,17H,4,7,9,11-13H2,(H,25,30). The molecule has 164 valence electrons. The molecule has 3 heterocycles. The predicted molar refractivity (Wildman–Crippen MR) is 111 cm³/mol. The van der Waals surface area contributed by atoms with E-state index in [1.807, 2.05) is 23.6 Å². The van der Waals surface area contributed by atoms with Crippen LogP contribution in [-0.2, 0) is 19.3 Å². The van der Waals surface area contributed by atoms with Crippen molar-refractivity contribution in [3.8, 4) is 0 Å². The Morgan fingerprint density at radius 3 is 2.77 bits per heavy atom. The van der Waals surface area contributed by atoms with Gasteiger partial charge >= 0.3 is 6.18 Å². The maximum atomic E-state index is 12.8. The Hall–Kier alpha value is -2.72. The molecule has 1 saturated heterocycles. The molecular weight excluding hydrogens is 427 g/mol. The van der Waals surface area contributed by atoms with Gasteiger partial charge in [0, 0.05) is 30.2 Å². The van der Waals surface area contributed by atoms with Crippen LogP contribution in [0.5, 0.6) is 0 Å². The second-order valence-electron chi connectivity index (χ2n) is 7.49. The third-order valence-electron chi connectivity index (χ3n) is 5.17. The average molecular weight is 450 g/mol. The smallest absolute Gasteiger partial charge is 0.346 e. The molecule has 1 aliphatic heterocycles. The Morgan fingerprint density at radius 2 is 2.03 bits per heavy atom. The van der Waals surface area contributed by atoms with Gasteiger partial charge in [-0.1, -0.05) is 18.2 Å². The quantitative estimate of drug-likeness (QED) is 0.615. The van der Waals surface area contributed by atoms with Crippen molar-refractivity contribution in [2.45, 2.75) is 38.1 Å². The van der Waals surface area contributed by atoms with Crippen LogP contribution >= 0.6 is 11.3 Å². The normalized spacial score (nSPS) is 17.6. The average Bonchev–Trinajstić information content (AvgIpc) is 3.43. The Bertz CT molecular complexity index is 1020. The first-order chi connectivity index (χ1) is 14.9. The van der Waals surface area contributed by atoms with E-state index in [0.717, 1.165) is 36.2 Å². The molecule has 0 radical (unpaired) electrons. The minimum atomic E-state index is -4.42. The Kier molecular flexibility index (Phi) is 6.38. The lowest BCUT2D eigenvalue weighted by molar-refractivity contribution is -0.141. The third kappa shape index (κ3) is 5.50. The summed E-state index contributed by atoms with van der Waals surface area (Å²) >= 11 is 1.48. The molecular formula is C21H22F3N5OS. The number of piperidine rings is 1. The van der Waals surface area contributed by atoms with Crippen LogP contribution in [0.1, 0.15) is 45.6 Å². The number of aromatic nitrogens is 3. The number of nitrogens with zero attached hydrogens (tertiary/aromatic N) is 4. The van der Waals surface area contributed by atoms with Crippen molar-refractivity contribution >= 4 is 17.2 Å². The highest BCUT2D eigenvalue weighted by molar-refractivity contribution is 7.09. The molecule has 31 heavy (non-hydrogen) atoms. The molecule has 1 aliphatic rings. The number of nitrogens with one attached hydrogen (secondary N) is 1. The van der Waals surface area contributed by atoms with Crippen molar-refractivity contribution in [3.63, 3.8) is 0 Å². The van der Waals surface area contributed by atoms with Gasteiger partial charge in [0.25, 0.3) is 5.91 Å². The number of likely N-dealkylation sites (tertiary alicyclic amines) is 1. The first-order valence-electron chi connectivity index (χ1n) is 10.00. The molecule has 0 saturated carbocycles. The molecule has 1 fully saturated rings. The SMILES string of the molecule is O=C(NCc1nc(CN2CCCC(n3ccc(C(F)(F)F)n3)C2)cs1)c1ccccc1. The number of thiazole rings is 1. The summed E-state index contributed by atoms with van der Waals surface area (Å²) < 4.78 is 39.9. The van der Waals surface area contributed by atoms with E-state index in [0.29, 0.717) is 25.2 Å². The summed E-state index contributed by atoms with van der Waals surface area (Å²) in [6.45, 7) is 2.46. The fourth-order valence-corrected chi connectivity index (χ4v) is 4.39. The van der Waals surface area contributed by atoms with Crippen molar-refractivity contribution in [3.05, 3.63) is 69.9 Å². The van der Waals surface area contributed by atoms with Gasteiger partial charge in [0.05, 0.1) is 18.3 Å². The molecule has 0 bridgehead atoms. The highest BCUT2D eigenvalue weighted by atomic mass is 32.1. The van der Waals surface area contributed by atoms with Crippen molar-refractivity contribution in [2.24, 2.45) is 0 Å². The molecule has 1 N–H and O–H groups in total. The Labute approximate surface area is 181 Å². The van der Waals surface area contributed by atoms with E-state index < -0.39 is 11.9 Å². The van der Waals surface area contributed by atoms with E-state index in [-0.39, 0.29) is 11.9 Å². The third-order valence-corrected chi connectivity index (χ3v) is 6.07. The second kappa shape index (κ2) is 9.19. The fraction of sp³-hybridized carbons (Fsp3) is 0.381. The van der Waals surface area contributed by atoms with Crippen molar-refractivity contribution in [1.82, 2.24) is 25.0 Å². The molecule has 1 atom stereocenters. The van der Waals surface area contributed by atoms with E-state index in [4.69, 9.17) is 0 Å². The van der Waals surface area contributed by atoms with E-state index in [1.54, 1.807) is 12.1 Å². The number of hydrogen-bond donors (Lipinski definition) is 1. The zero-order valence-corrected chi connectivity index (χ0v) is 17.5. The molecule has 0 spiro atoms. The van der Waals surface area contributed by atoms with Gasteiger partial charge in [-0.15, -0.1) is 11.3 Å². The van der Waals surface area contributed by atoms with Crippen LogP contribution < -0.4 is 5.32 Å². The lowest BCUT2D eigenvalue weighted by Crippen LogP contribution is -2.36. The van der Waals surface area contributed by atoms with Gasteiger partial charge in [0.2, 0.25) is 0 Å². The number of halogens is 3. The van der Waals surface area contributed by atoms with E-state index >= 15 is 0 Å². The van der Waals surface area contributed by atoms with Crippen LogP contribution in [0.25, 0.3) is 0 Å². The molecule has 6 nitrogen and oxygen atoms in total. The van der Waals surface area contributed by atoms with Gasteiger partial charge in [0.1, 0.15) is 5.01 Å². The minimum absolute atomic E-state index is 0.0897. The van der Waals surface area contributed by atoms with Crippen molar-refractivity contribution in [1.29, 1.82) is 0 Å². The van der Waals surface area contributed by atoms with Crippen LogP contribution in [0.3, 0.4) is 0 Å². The predicted octanol–water partition coefficient (Wildman–Crippen LogP) is 4.13. The van der Waals surface area contributed by atoms with Gasteiger partial charge < -0.3 is 5.32 Å². The molecule has 1 aromatic carbocycles. The fourth-order valence-electron chi connectivity index (χ4n) is 3.66. The Morgan fingerprint density at radius 1 is 1.23 bits per heavy atom. The summed E-state index contributed by atoms with van der Waals surface area (Å²) in [6.07, 6.45) is -1.33. The molecule has 2 aromatic heterocycles. The molecule has 1 unspecified atom stereocenters. The number of hydrogen-bond acceptors (Lipinski definition) is 5. The molecule has 4 rings (SSSR count). The first-order valence-corrected chi connectivity index (χ1v) is 10.9. The number of rotatable bonds is 6. The largest absolute Gasteiger partial charge is 0.435 e. The summed E-state index contributed by atoms with van der Waals surface area (Å²) in [7, 11) is 0. The van der Waals surface area contributed by atoms with Crippen LogP contribution in [0.2, 0.25) is 0 Å². The molecule has 1 amide bonds. The number of carbonyl (C=O) groups is 1. The van der Waals surface area contributed by atoms with Gasteiger partial charge in [0.15, 0.2) is 5.69 Å². The topological polar surface area (TPSA) is 63.1 Å². The summed E-state index contributed by atoms with van der Waals surface area (Å²) in [5, 5.41) is 9.37. The summed E-state index contributed by atoms with van der Waals surface area (Å²) in [5.41, 5.74) is 0.642. The number of benzene rings is 1. The monoisotopic (exact) mass is 449 g/mol. The maximum Gasteiger partial charge on any atom is 0.435 e. The Balaban J connectivity index is 1.31. The summed E-state index contributed by atoms with van der Waals surface area (Å²) in [6, 6.07) is 9.93. The van der Waals surface area contributed by atoms with Crippen LogP contribution in [0.4, 0.5) is 13.2 Å². The van der Waals surface area contributed by atoms with Crippen molar-refractivity contribution < 1.29 is 18.0 Å².